The standard InChI is InChI=1S/C60H43NO/c1-2-13-40(14-3-1)44-18-10-19-45(37-44)41-27-32-48(33-28-41)61(49-34-29-43(30-35-49)51-22-11-23-52-50-20-7-6-15-42(50)31-36-53(51)52)57-25-9-8-21-54(57)55-24-12-26-58-60(55)56-38-46-16-4-5-17-47(46)39-59(56)62-58/h1-2,4-13,15-39,42,50H,3,14H2. The lowest BCUT2D eigenvalue weighted by Crippen LogP contribution is -2.14. The van der Waals surface area contributed by atoms with Crippen molar-refractivity contribution >= 4 is 61.4 Å². The van der Waals surface area contributed by atoms with Crippen molar-refractivity contribution in [1.29, 1.82) is 0 Å². The first-order valence-corrected chi connectivity index (χ1v) is 21.8. The minimum atomic E-state index is 0.369. The molecule has 9 aromatic rings. The summed E-state index contributed by atoms with van der Waals surface area (Å²) in [5.41, 5.74) is 17.6. The fourth-order valence-electron chi connectivity index (χ4n) is 10.0. The summed E-state index contributed by atoms with van der Waals surface area (Å²) in [5, 5.41) is 4.63. The molecule has 0 radical (unpaired) electrons. The third kappa shape index (κ3) is 6.26. The Morgan fingerprint density at radius 2 is 1.21 bits per heavy atom. The smallest absolute Gasteiger partial charge is 0.136 e. The second-order valence-corrected chi connectivity index (χ2v) is 16.7. The van der Waals surface area contributed by atoms with Crippen molar-refractivity contribution in [1.82, 2.24) is 0 Å². The van der Waals surface area contributed by atoms with Crippen LogP contribution in [0.25, 0.3) is 77.7 Å². The minimum absolute atomic E-state index is 0.369. The lowest BCUT2D eigenvalue weighted by Gasteiger charge is -2.29. The molecular weight excluding hydrogens is 751 g/mol. The van der Waals surface area contributed by atoms with Gasteiger partial charge in [0.15, 0.2) is 0 Å². The zero-order valence-electron chi connectivity index (χ0n) is 34.3. The number of benzene rings is 8. The van der Waals surface area contributed by atoms with Gasteiger partial charge in [-0.05, 0) is 128 Å². The number of hydrogen-bond donors (Lipinski definition) is 0. The van der Waals surface area contributed by atoms with E-state index in [2.05, 4.69) is 229 Å². The summed E-state index contributed by atoms with van der Waals surface area (Å²) in [4.78, 5) is 2.42. The zero-order valence-corrected chi connectivity index (χ0v) is 34.3. The van der Waals surface area contributed by atoms with Crippen LogP contribution in [-0.2, 0) is 0 Å². The number of furan rings is 1. The van der Waals surface area contributed by atoms with Crippen molar-refractivity contribution < 1.29 is 4.42 Å². The van der Waals surface area contributed by atoms with Crippen LogP contribution in [0.4, 0.5) is 17.1 Å². The molecule has 0 saturated carbocycles. The maximum absolute atomic E-state index is 6.59. The van der Waals surface area contributed by atoms with Gasteiger partial charge in [-0.15, -0.1) is 0 Å². The molecule has 1 aromatic heterocycles. The number of para-hydroxylation sites is 1. The van der Waals surface area contributed by atoms with E-state index in [0.29, 0.717) is 11.8 Å². The molecule has 294 valence electrons. The van der Waals surface area contributed by atoms with Gasteiger partial charge in [-0.2, -0.15) is 0 Å². The molecule has 0 aliphatic heterocycles. The van der Waals surface area contributed by atoms with Crippen molar-refractivity contribution in [3.63, 3.8) is 0 Å². The first-order chi connectivity index (χ1) is 30.7. The van der Waals surface area contributed by atoms with Gasteiger partial charge in [0.2, 0.25) is 0 Å². The molecule has 2 nitrogen and oxygen atoms in total. The summed E-state index contributed by atoms with van der Waals surface area (Å²) in [6.07, 6.45) is 22.5. The molecule has 1 heterocycles. The molecule has 62 heavy (non-hydrogen) atoms. The third-order valence-corrected chi connectivity index (χ3v) is 13.1. The molecule has 3 aliphatic carbocycles. The number of nitrogens with zero attached hydrogens (tertiary/aromatic N) is 1. The maximum atomic E-state index is 6.59. The first-order valence-electron chi connectivity index (χ1n) is 21.8. The van der Waals surface area contributed by atoms with Crippen LogP contribution in [0, 0.1) is 5.92 Å². The van der Waals surface area contributed by atoms with Crippen molar-refractivity contribution in [3.05, 3.63) is 235 Å². The van der Waals surface area contributed by atoms with Gasteiger partial charge in [0.05, 0.1) is 5.69 Å². The largest absolute Gasteiger partial charge is 0.456 e. The Kier molecular flexibility index (Phi) is 8.81. The van der Waals surface area contributed by atoms with E-state index in [1.54, 1.807) is 0 Å². The summed E-state index contributed by atoms with van der Waals surface area (Å²) in [7, 11) is 0. The highest BCUT2D eigenvalue weighted by Crippen LogP contribution is 2.47. The molecule has 0 spiro atoms. The van der Waals surface area contributed by atoms with Crippen LogP contribution in [0.2, 0.25) is 0 Å². The number of rotatable bonds is 7. The van der Waals surface area contributed by atoms with Gasteiger partial charge in [-0.3, -0.25) is 0 Å². The average Bonchev–Trinajstić information content (AvgIpc) is 3.71. The summed E-state index contributed by atoms with van der Waals surface area (Å²) in [6, 6.07) is 62.3. The molecule has 3 aliphatic rings. The average molecular weight is 794 g/mol. The number of fused-ring (bicyclic) bond motifs is 7. The van der Waals surface area contributed by atoms with Crippen molar-refractivity contribution in [3.8, 4) is 33.4 Å². The highest BCUT2D eigenvalue weighted by Gasteiger charge is 2.26. The predicted molar refractivity (Wildman–Crippen MR) is 262 cm³/mol. The van der Waals surface area contributed by atoms with Crippen LogP contribution in [0.1, 0.15) is 35.4 Å². The molecule has 0 saturated heterocycles. The Balaban J connectivity index is 0.993. The summed E-state index contributed by atoms with van der Waals surface area (Å²) in [5.74, 6) is 0.778. The molecule has 12 rings (SSSR count). The molecule has 0 amide bonds. The zero-order chi connectivity index (χ0) is 41.0. The number of anilines is 3. The Labute approximate surface area is 362 Å². The molecular formula is C60H43NO. The van der Waals surface area contributed by atoms with Crippen molar-refractivity contribution in [2.45, 2.75) is 18.8 Å². The quantitative estimate of drug-likeness (QED) is 0.160. The van der Waals surface area contributed by atoms with E-state index < -0.39 is 0 Å². The fourth-order valence-corrected chi connectivity index (χ4v) is 10.0. The summed E-state index contributed by atoms with van der Waals surface area (Å²) < 4.78 is 6.59. The Bertz CT molecular complexity index is 3350. The van der Waals surface area contributed by atoms with Crippen LogP contribution in [0.15, 0.2) is 223 Å². The van der Waals surface area contributed by atoms with E-state index in [-0.39, 0.29) is 0 Å². The first kappa shape index (κ1) is 36.2. The molecule has 0 bridgehead atoms. The second kappa shape index (κ2) is 15.1. The van der Waals surface area contributed by atoms with E-state index in [9.17, 15) is 0 Å². The van der Waals surface area contributed by atoms with E-state index in [0.717, 1.165) is 63.0 Å². The molecule has 2 heteroatoms. The van der Waals surface area contributed by atoms with E-state index in [4.69, 9.17) is 4.42 Å². The lowest BCUT2D eigenvalue weighted by atomic mass is 9.75. The third-order valence-electron chi connectivity index (χ3n) is 13.1. The topological polar surface area (TPSA) is 16.4 Å². The Morgan fingerprint density at radius 1 is 0.500 bits per heavy atom. The molecule has 0 fully saturated rings. The van der Waals surface area contributed by atoms with Gasteiger partial charge < -0.3 is 9.32 Å². The SMILES string of the molecule is C1=CCCC(c2cccc(-c3ccc(N(c4ccc(-c5cccc6c5C=CC5C=CC=CC65)cc4)c4ccccc4-c4cccc5oc6cc7ccccc7cc6c45)cc3)c2)=C1. The van der Waals surface area contributed by atoms with E-state index in [1.165, 1.54) is 55.3 Å². The van der Waals surface area contributed by atoms with Gasteiger partial charge >= 0.3 is 0 Å². The normalized spacial score (nSPS) is 16.4. The monoisotopic (exact) mass is 793 g/mol. The van der Waals surface area contributed by atoms with Crippen LogP contribution in [0.5, 0.6) is 0 Å². The lowest BCUT2D eigenvalue weighted by molar-refractivity contribution is 0.669. The molecule has 2 atom stereocenters. The summed E-state index contributed by atoms with van der Waals surface area (Å²) >= 11 is 0. The van der Waals surface area contributed by atoms with Crippen LogP contribution >= 0.6 is 0 Å². The molecule has 8 aromatic carbocycles. The Hall–Kier alpha value is -7.68. The predicted octanol–water partition coefficient (Wildman–Crippen LogP) is 16.8. The second-order valence-electron chi connectivity index (χ2n) is 16.7. The van der Waals surface area contributed by atoms with E-state index >= 15 is 0 Å². The van der Waals surface area contributed by atoms with Crippen LogP contribution in [0.3, 0.4) is 0 Å². The van der Waals surface area contributed by atoms with Gasteiger partial charge in [-0.25, -0.2) is 0 Å². The fraction of sp³-hybridized carbons (Fsp3) is 0.0667. The van der Waals surface area contributed by atoms with Crippen LogP contribution in [-0.4, -0.2) is 0 Å². The Morgan fingerprint density at radius 3 is 2.05 bits per heavy atom. The number of hydrogen-bond acceptors (Lipinski definition) is 2. The highest BCUT2D eigenvalue weighted by atomic mass is 16.3. The van der Waals surface area contributed by atoms with Gasteiger partial charge in [0, 0.05) is 39.5 Å². The van der Waals surface area contributed by atoms with Gasteiger partial charge in [0.25, 0.3) is 0 Å². The van der Waals surface area contributed by atoms with Crippen molar-refractivity contribution in [2.24, 2.45) is 5.92 Å². The highest BCUT2D eigenvalue weighted by molar-refractivity contribution is 6.16. The maximum Gasteiger partial charge on any atom is 0.136 e. The summed E-state index contributed by atoms with van der Waals surface area (Å²) in [6.45, 7) is 0. The van der Waals surface area contributed by atoms with Gasteiger partial charge in [-0.1, -0.05) is 170 Å². The molecule has 0 N–H and O–H groups in total. The van der Waals surface area contributed by atoms with Gasteiger partial charge in [0.1, 0.15) is 11.2 Å². The van der Waals surface area contributed by atoms with Crippen molar-refractivity contribution in [2.75, 3.05) is 4.90 Å². The molecule has 2 unspecified atom stereocenters. The van der Waals surface area contributed by atoms with E-state index in [1.807, 2.05) is 0 Å². The van der Waals surface area contributed by atoms with Crippen LogP contribution < -0.4 is 4.90 Å². The minimum Gasteiger partial charge on any atom is -0.456 e. The number of allylic oxidation sites excluding steroid dienone is 9.